The first kappa shape index (κ1) is 21.3. The fourth-order valence-corrected chi connectivity index (χ4v) is 4.60. The lowest BCUT2D eigenvalue weighted by Gasteiger charge is -2.41. The summed E-state index contributed by atoms with van der Waals surface area (Å²) in [5.41, 5.74) is 0.443. The Labute approximate surface area is 184 Å². The molecule has 7 nitrogen and oxygen atoms in total. The maximum absolute atomic E-state index is 13.2. The fraction of sp³-hybridized carbons (Fsp3) is 0.500. The number of piperidine rings is 1. The number of piperazine rings is 1. The highest BCUT2D eigenvalue weighted by atomic mass is 16.2. The van der Waals surface area contributed by atoms with Crippen molar-refractivity contribution in [3.8, 4) is 0 Å². The molecule has 0 saturated carbocycles. The summed E-state index contributed by atoms with van der Waals surface area (Å²) in [6.45, 7) is 7.89. The molecule has 2 aliphatic rings. The average molecular weight is 422 g/mol. The minimum atomic E-state index is -0.575. The molecule has 0 bridgehead atoms. The monoisotopic (exact) mass is 421 g/mol. The molecule has 1 aromatic heterocycles. The molecule has 2 amide bonds. The van der Waals surface area contributed by atoms with Gasteiger partial charge < -0.3 is 14.7 Å². The van der Waals surface area contributed by atoms with Gasteiger partial charge in [-0.2, -0.15) is 0 Å². The van der Waals surface area contributed by atoms with Gasteiger partial charge >= 0.3 is 0 Å². The van der Waals surface area contributed by atoms with Gasteiger partial charge in [0.1, 0.15) is 5.82 Å². The zero-order chi connectivity index (χ0) is 21.8. The number of benzene rings is 1. The smallest absolute Gasteiger partial charge is 0.232 e. The SMILES string of the molecule is CC(C)(C(=O)N1CCN(C(=O)C2CCCN(c3cnccn3)C2)CC1)c1ccccc1. The number of hydrogen-bond acceptors (Lipinski definition) is 5. The molecule has 2 fully saturated rings. The summed E-state index contributed by atoms with van der Waals surface area (Å²) in [4.78, 5) is 40.9. The molecule has 0 spiro atoms. The van der Waals surface area contributed by atoms with Gasteiger partial charge in [-0.15, -0.1) is 0 Å². The van der Waals surface area contributed by atoms with E-state index >= 15 is 0 Å². The van der Waals surface area contributed by atoms with Crippen LogP contribution in [0, 0.1) is 5.92 Å². The van der Waals surface area contributed by atoms with Crippen molar-refractivity contribution in [2.75, 3.05) is 44.2 Å². The molecular formula is C24H31N5O2. The number of rotatable bonds is 4. The summed E-state index contributed by atoms with van der Waals surface area (Å²) >= 11 is 0. The van der Waals surface area contributed by atoms with Crippen LogP contribution in [0.1, 0.15) is 32.3 Å². The van der Waals surface area contributed by atoms with E-state index in [9.17, 15) is 9.59 Å². The molecule has 4 rings (SSSR count). The van der Waals surface area contributed by atoms with E-state index < -0.39 is 5.41 Å². The summed E-state index contributed by atoms with van der Waals surface area (Å²) in [7, 11) is 0. The quantitative estimate of drug-likeness (QED) is 0.758. The number of carbonyl (C=O) groups excluding carboxylic acids is 2. The largest absolute Gasteiger partial charge is 0.355 e. The highest BCUT2D eigenvalue weighted by Gasteiger charge is 2.37. The second-order valence-corrected chi connectivity index (χ2v) is 8.96. The number of anilines is 1. The van der Waals surface area contributed by atoms with Crippen LogP contribution < -0.4 is 4.90 Å². The Hall–Kier alpha value is -2.96. The lowest BCUT2D eigenvalue weighted by molar-refractivity contribution is -0.144. The predicted molar refractivity (Wildman–Crippen MR) is 120 cm³/mol. The number of amides is 2. The molecule has 31 heavy (non-hydrogen) atoms. The average Bonchev–Trinajstić information content (AvgIpc) is 2.84. The molecule has 1 atom stereocenters. The molecule has 2 aliphatic heterocycles. The third kappa shape index (κ3) is 4.55. The summed E-state index contributed by atoms with van der Waals surface area (Å²) in [5, 5.41) is 0. The Morgan fingerprint density at radius 2 is 1.68 bits per heavy atom. The molecule has 0 aliphatic carbocycles. The minimum absolute atomic E-state index is 0.0289. The van der Waals surface area contributed by atoms with Crippen molar-refractivity contribution in [1.29, 1.82) is 0 Å². The summed E-state index contributed by atoms with van der Waals surface area (Å²) in [6, 6.07) is 9.91. The van der Waals surface area contributed by atoms with Crippen molar-refractivity contribution in [1.82, 2.24) is 19.8 Å². The van der Waals surface area contributed by atoms with Crippen LogP contribution in [0.3, 0.4) is 0 Å². The molecule has 3 heterocycles. The highest BCUT2D eigenvalue weighted by Crippen LogP contribution is 2.27. The van der Waals surface area contributed by atoms with Gasteiger partial charge in [-0.1, -0.05) is 30.3 Å². The Morgan fingerprint density at radius 1 is 0.968 bits per heavy atom. The number of aromatic nitrogens is 2. The van der Waals surface area contributed by atoms with Gasteiger partial charge in [0.2, 0.25) is 11.8 Å². The molecule has 1 unspecified atom stereocenters. The fourth-order valence-electron chi connectivity index (χ4n) is 4.60. The Balaban J connectivity index is 1.34. The minimum Gasteiger partial charge on any atom is -0.355 e. The van der Waals surface area contributed by atoms with Crippen LogP contribution >= 0.6 is 0 Å². The third-order valence-electron chi connectivity index (χ3n) is 6.55. The molecule has 0 N–H and O–H groups in total. The molecule has 164 valence electrons. The van der Waals surface area contributed by atoms with Gasteiger partial charge in [-0.05, 0) is 32.3 Å². The van der Waals surface area contributed by atoms with Crippen molar-refractivity contribution in [3.63, 3.8) is 0 Å². The highest BCUT2D eigenvalue weighted by molar-refractivity contribution is 5.88. The Kier molecular flexibility index (Phi) is 6.20. The van der Waals surface area contributed by atoms with Crippen molar-refractivity contribution >= 4 is 17.6 Å². The van der Waals surface area contributed by atoms with E-state index in [1.165, 1.54) is 0 Å². The van der Waals surface area contributed by atoms with Crippen molar-refractivity contribution in [2.24, 2.45) is 5.92 Å². The molecular weight excluding hydrogens is 390 g/mol. The number of nitrogens with zero attached hydrogens (tertiary/aromatic N) is 5. The van der Waals surface area contributed by atoms with Crippen LogP contribution in [-0.4, -0.2) is 70.9 Å². The van der Waals surface area contributed by atoms with E-state index in [2.05, 4.69) is 14.9 Å². The zero-order valence-corrected chi connectivity index (χ0v) is 18.4. The second-order valence-electron chi connectivity index (χ2n) is 8.96. The van der Waals surface area contributed by atoms with E-state index in [0.717, 1.165) is 30.8 Å². The van der Waals surface area contributed by atoms with Gasteiger partial charge in [0.05, 0.1) is 17.5 Å². The lowest BCUT2D eigenvalue weighted by atomic mass is 9.83. The van der Waals surface area contributed by atoms with Gasteiger partial charge in [0, 0.05) is 51.7 Å². The van der Waals surface area contributed by atoms with Crippen LogP contribution in [0.4, 0.5) is 5.82 Å². The number of carbonyl (C=O) groups is 2. The zero-order valence-electron chi connectivity index (χ0n) is 18.4. The van der Waals surface area contributed by atoms with E-state index in [0.29, 0.717) is 32.7 Å². The van der Waals surface area contributed by atoms with E-state index in [4.69, 9.17) is 0 Å². The standard InChI is InChI=1S/C24H31N5O2/c1-24(2,20-8-4-3-5-9-20)23(31)28-15-13-27(14-16-28)22(30)19-7-6-12-29(18-19)21-17-25-10-11-26-21/h3-5,8-11,17,19H,6-7,12-16,18H2,1-2H3. The molecule has 2 saturated heterocycles. The first-order valence-corrected chi connectivity index (χ1v) is 11.1. The first-order valence-electron chi connectivity index (χ1n) is 11.1. The molecule has 0 radical (unpaired) electrons. The maximum atomic E-state index is 13.2. The van der Waals surface area contributed by atoms with Crippen LogP contribution in [-0.2, 0) is 15.0 Å². The molecule has 7 heteroatoms. The predicted octanol–water partition coefficient (Wildman–Crippen LogP) is 2.34. The van der Waals surface area contributed by atoms with Crippen LogP contribution in [0.25, 0.3) is 0 Å². The van der Waals surface area contributed by atoms with Crippen molar-refractivity contribution < 1.29 is 9.59 Å². The Bertz CT molecular complexity index is 895. The van der Waals surface area contributed by atoms with Crippen molar-refractivity contribution in [2.45, 2.75) is 32.1 Å². The Morgan fingerprint density at radius 3 is 2.35 bits per heavy atom. The normalized spacial score (nSPS) is 19.9. The van der Waals surface area contributed by atoms with E-state index in [-0.39, 0.29) is 17.7 Å². The second kappa shape index (κ2) is 9.04. The van der Waals surface area contributed by atoms with E-state index in [1.807, 2.05) is 54.0 Å². The van der Waals surface area contributed by atoms with Crippen molar-refractivity contribution in [3.05, 3.63) is 54.5 Å². The van der Waals surface area contributed by atoms with E-state index in [1.54, 1.807) is 18.6 Å². The van der Waals surface area contributed by atoms with Gasteiger partial charge in [0.15, 0.2) is 0 Å². The topological polar surface area (TPSA) is 69.6 Å². The van der Waals surface area contributed by atoms with Gasteiger partial charge in [-0.25, -0.2) is 4.98 Å². The summed E-state index contributed by atoms with van der Waals surface area (Å²) < 4.78 is 0. The van der Waals surface area contributed by atoms with Crippen LogP contribution in [0.2, 0.25) is 0 Å². The van der Waals surface area contributed by atoms with Crippen LogP contribution in [0.5, 0.6) is 0 Å². The van der Waals surface area contributed by atoms with Gasteiger partial charge in [-0.3, -0.25) is 14.6 Å². The summed E-state index contributed by atoms with van der Waals surface area (Å²) in [6.07, 6.45) is 6.97. The van der Waals surface area contributed by atoms with Gasteiger partial charge in [0.25, 0.3) is 0 Å². The van der Waals surface area contributed by atoms with Crippen LogP contribution in [0.15, 0.2) is 48.9 Å². The lowest BCUT2D eigenvalue weighted by Crippen LogP contribution is -2.56. The molecule has 1 aromatic carbocycles. The first-order chi connectivity index (χ1) is 15.0. The maximum Gasteiger partial charge on any atom is 0.232 e. The molecule has 2 aromatic rings. The number of hydrogen-bond donors (Lipinski definition) is 0. The third-order valence-corrected chi connectivity index (χ3v) is 6.55. The summed E-state index contributed by atoms with van der Waals surface area (Å²) in [5.74, 6) is 1.12.